The summed E-state index contributed by atoms with van der Waals surface area (Å²) in [6.07, 6.45) is 1.83. The van der Waals surface area contributed by atoms with Crippen LogP contribution in [0, 0.1) is 11.7 Å². The predicted octanol–water partition coefficient (Wildman–Crippen LogP) is 3.30. The van der Waals surface area contributed by atoms with Crippen LogP contribution in [0.5, 0.6) is 0 Å². The van der Waals surface area contributed by atoms with E-state index in [1.165, 1.54) is 30.3 Å². The lowest BCUT2D eigenvalue weighted by Crippen LogP contribution is -2.47. The van der Waals surface area contributed by atoms with Crippen molar-refractivity contribution < 1.29 is 22.4 Å². The molecule has 2 aromatic rings. The number of carbonyl (C=O) groups is 2. The van der Waals surface area contributed by atoms with Crippen molar-refractivity contribution in [2.45, 2.75) is 34.8 Å². The summed E-state index contributed by atoms with van der Waals surface area (Å²) in [7, 11) is -4.06. The zero-order valence-corrected chi connectivity index (χ0v) is 18.4. The molecule has 31 heavy (non-hydrogen) atoms. The van der Waals surface area contributed by atoms with Crippen molar-refractivity contribution in [2.75, 3.05) is 23.1 Å². The van der Waals surface area contributed by atoms with Gasteiger partial charge in [0.2, 0.25) is 11.8 Å². The Morgan fingerprint density at radius 1 is 1.19 bits per heavy atom. The molecule has 0 spiro atoms. The average molecular weight is 464 g/mol. The first kappa shape index (κ1) is 21.6. The number of rotatable bonds is 4. The van der Waals surface area contributed by atoms with Gasteiger partial charge < -0.3 is 10.2 Å². The fourth-order valence-corrected chi connectivity index (χ4v) is 5.71. The van der Waals surface area contributed by atoms with E-state index in [1.54, 1.807) is 11.0 Å². The molecule has 0 bridgehead atoms. The number of piperidine rings is 1. The molecule has 4 rings (SSSR count). The summed E-state index contributed by atoms with van der Waals surface area (Å²) < 4.78 is 41.4. The number of amides is 2. The topological polar surface area (TPSA) is 95.6 Å². The highest BCUT2D eigenvalue weighted by atomic mass is 32.2. The summed E-state index contributed by atoms with van der Waals surface area (Å²) in [5.41, 5.74) is 0.142. The molecule has 1 atom stereocenters. The van der Waals surface area contributed by atoms with E-state index >= 15 is 0 Å². The summed E-state index contributed by atoms with van der Waals surface area (Å²) in [4.78, 5) is 27.7. The number of para-hydroxylation sites is 1. The van der Waals surface area contributed by atoms with E-state index in [0.29, 0.717) is 29.6 Å². The van der Waals surface area contributed by atoms with Gasteiger partial charge in [0.05, 0.1) is 16.3 Å². The summed E-state index contributed by atoms with van der Waals surface area (Å²) in [5, 5.41) is 1.75. The van der Waals surface area contributed by atoms with Crippen molar-refractivity contribution in [3.63, 3.8) is 0 Å². The Labute approximate surface area is 184 Å². The summed E-state index contributed by atoms with van der Waals surface area (Å²) in [5.74, 6) is -0.826. The summed E-state index contributed by atoms with van der Waals surface area (Å²) >= 11 is 1.11. The lowest BCUT2D eigenvalue weighted by Gasteiger charge is -2.33. The first-order valence-corrected chi connectivity index (χ1v) is 12.3. The van der Waals surface area contributed by atoms with Crippen LogP contribution in [0.2, 0.25) is 0 Å². The van der Waals surface area contributed by atoms with E-state index in [0.717, 1.165) is 30.7 Å². The second-order valence-electron chi connectivity index (χ2n) is 7.74. The monoisotopic (exact) mass is 463 g/mol. The minimum atomic E-state index is -4.06. The van der Waals surface area contributed by atoms with Crippen molar-refractivity contribution in [3.05, 3.63) is 48.3 Å². The minimum absolute atomic E-state index is 0.120. The van der Waals surface area contributed by atoms with Crippen LogP contribution in [-0.2, 0) is 19.6 Å². The van der Waals surface area contributed by atoms with Gasteiger partial charge in [-0.05, 0) is 49.1 Å². The van der Waals surface area contributed by atoms with Gasteiger partial charge in [-0.3, -0.25) is 14.3 Å². The largest absolute Gasteiger partial charge is 0.341 e. The van der Waals surface area contributed by atoms with Gasteiger partial charge in [0, 0.05) is 18.0 Å². The first-order valence-electron chi connectivity index (χ1n) is 9.92. The van der Waals surface area contributed by atoms with Crippen molar-refractivity contribution in [3.8, 4) is 0 Å². The van der Waals surface area contributed by atoms with Crippen LogP contribution in [0.1, 0.15) is 19.8 Å². The van der Waals surface area contributed by atoms with Crippen LogP contribution in [0.3, 0.4) is 0 Å². The normalized spacial score (nSPS) is 19.5. The maximum absolute atomic E-state index is 13.8. The maximum Gasteiger partial charge on any atom is 0.262 e. The number of thioether (sulfide) groups is 1. The SMILES string of the molecule is CC1CCN(C(=O)[C@@H]2Sc3ccc(S(=O)(=O)Nc4ccccc4F)cc3NC2=O)CC1. The molecule has 0 saturated carbocycles. The van der Waals surface area contributed by atoms with Crippen molar-refractivity contribution in [1.29, 1.82) is 0 Å². The molecule has 2 aliphatic heterocycles. The zero-order valence-electron chi connectivity index (χ0n) is 16.8. The Hall–Kier alpha value is -2.59. The Morgan fingerprint density at radius 3 is 2.61 bits per heavy atom. The molecular formula is C21H22FN3O4S2. The molecule has 10 heteroatoms. The lowest BCUT2D eigenvalue weighted by molar-refractivity contribution is -0.135. The van der Waals surface area contributed by atoms with Crippen LogP contribution < -0.4 is 10.0 Å². The second-order valence-corrected chi connectivity index (χ2v) is 10.6. The molecule has 0 aliphatic carbocycles. The van der Waals surface area contributed by atoms with E-state index in [2.05, 4.69) is 17.0 Å². The molecule has 2 N–H and O–H groups in total. The van der Waals surface area contributed by atoms with E-state index in [9.17, 15) is 22.4 Å². The Kier molecular flexibility index (Phi) is 5.94. The molecule has 164 valence electrons. The van der Waals surface area contributed by atoms with Gasteiger partial charge in [-0.15, -0.1) is 11.8 Å². The van der Waals surface area contributed by atoms with Crippen LogP contribution in [0.15, 0.2) is 52.3 Å². The van der Waals surface area contributed by atoms with Crippen molar-refractivity contribution in [1.82, 2.24) is 4.90 Å². The van der Waals surface area contributed by atoms with Gasteiger partial charge in [-0.25, -0.2) is 12.8 Å². The summed E-state index contributed by atoms with van der Waals surface area (Å²) in [6.45, 7) is 3.42. The quantitative estimate of drug-likeness (QED) is 0.679. The number of benzene rings is 2. The number of sulfonamides is 1. The van der Waals surface area contributed by atoms with Crippen LogP contribution in [0.4, 0.5) is 15.8 Å². The van der Waals surface area contributed by atoms with Crippen LogP contribution in [0.25, 0.3) is 0 Å². The molecule has 7 nitrogen and oxygen atoms in total. The van der Waals surface area contributed by atoms with Crippen molar-refractivity contribution in [2.24, 2.45) is 5.92 Å². The fourth-order valence-electron chi connectivity index (χ4n) is 3.56. The zero-order chi connectivity index (χ0) is 22.2. The van der Waals surface area contributed by atoms with E-state index in [4.69, 9.17) is 0 Å². The Bertz CT molecular complexity index is 1130. The lowest BCUT2D eigenvalue weighted by atomic mass is 9.99. The average Bonchev–Trinajstić information content (AvgIpc) is 2.74. The number of fused-ring (bicyclic) bond motifs is 1. The molecule has 0 radical (unpaired) electrons. The van der Waals surface area contributed by atoms with Gasteiger partial charge in [-0.2, -0.15) is 0 Å². The maximum atomic E-state index is 13.8. The summed E-state index contributed by atoms with van der Waals surface area (Å²) in [6, 6.07) is 9.69. The Morgan fingerprint density at radius 2 is 1.90 bits per heavy atom. The molecule has 2 aliphatic rings. The number of carbonyl (C=O) groups excluding carboxylic acids is 2. The molecule has 0 unspecified atom stereocenters. The highest BCUT2D eigenvalue weighted by molar-refractivity contribution is 8.01. The van der Waals surface area contributed by atoms with E-state index < -0.39 is 27.0 Å². The second kappa shape index (κ2) is 8.51. The molecule has 0 aromatic heterocycles. The highest BCUT2D eigenvalue weighted by Crippen LogP contribution is 2.38. The standard InChI is InChI=1S/C21H22FN3O4S2/c1-13-8-10-25(11-9-13)21(27)19-20(26)23-17-12-14(6-7-18(17)30-19)31(28,29)24-16-5-3-2-4-15(16)22/h2-7,12-13,19,24H,8-11H2,1H3,(H,23,26)/t19-/m1/s1. The highest BCUT2D eigenvalue weighted by Gasteiger charge is 2.37. The number of nitrogens with one attached hydrogen (secondary N) is 2. The third-order valence-electron chi connectivity index (χ3n) is 5.44. The number of halogens is 1. The third-order valence-corrected chi connectivity index (χ3v) is 8.06. The van der Waals surface area contributed by atoms with Crippen molar-refractivity contribution >= 4 is 45.0 Å². The molecule has 2 aromatic carbocycles. The van der Waals surface area contributed by atoms with Crippen LogP contribution in [-0.4, -0.2) is 43.5 Å². The predicted molar refractivity (Wildman–Crippen MR) is 117 cm³/mol. The number of hydrogen-bond acceptors (Lipinski definition) is 5. The first-order chi connectivity index (χ1) is 14.7. The molecule has 2 heterocycles. The van der Waals surface area contributed by atoms with Crippen LogP contribution >= 0.6 is 11.8 Å². The minimum Gasteiger partial charge on any atom is -0.341 e. The van der Waals surface area contributed by atoms with E-state index in [-0.39, 0.29) is 16.5 Å². The number of likely N-dealkylation sites (tertiary alicyclic amines) is 1. The van der Waals surface area contributed by atoms with Gasteiger partial charge in [0.15, 0.2) is 5.25 Å². The van der Waals surface area contributed by atoms with Gasteiger partial charge in [-0.1, -0.05) is 19.1 Å². The van der Waals surface area contributed by atoms with Gasteiger partial charge in [0.25, 0.3) is 10.0 Å². The van der Waals surface area contributed by atoms with Gasteiger partial charge >= 0.3 is 0 Å². The van der Waals surface area contributed by atoms with E-state index in [1.807, 2.05) is 0 Å². The number of nitrogens with zero attached hydrogens (tertiary/aromatic N) is 1. The molecule has 1 fully saturated rings. The Balaban J connectivity index is 1.53. The molecule has 1 saturated heterocycles. The smallest absolute Gasteiger partial charge is 0.262 e. The molecule has 2 amide bonds. The number of anilines is 2. The fraction of sp³-hybridized carbons (Fsp3) is 0.333. The third kappa shape index (κ3) is 4.54. The number of hydrogen-bond donors (Lipinski definition) is 2. The van der Waals surface area contributed by atoms with Gasteiger partial charge in [0.1, 0.15) is 5.82 Å². The molecular weight excluding hydrogens is 441 g/mol.